The first-order chi connectivity index (χ1) is 8.38. The third-order valence-corrected chi connectivity index (χ3v) is 3.48. The van der Waals surface area contributed by atoms with E-state index < -0.39 is 0 Å². The number of rotatable bonds is 3. The van der Waals surface area contributed by atoms with Crippen molar-refractivity contribution in [2.75, 3.05) is 6.61 Å². The first kappa shape index (κ1) is 10.4. The van der Waals surface area contributed by atoms with E-state index >= 15 is 0 Å². The summed E-state index contributed by atoms with van der Waals surface area (Å²) in [5.74, 6) is 1.06. The Kier molecular flexibility index (Phi) is 2.62. The SMILES string of the molecule is OCCc1nc(-c2csc3ccccc23)no1. The van der Waals surface area contributed by atoms with Gasteiger partial charge in [-0.2, -0.15) is 4.98 Å². The number of fused-ring (bicyclic) bond motifs is 1. The molecule has 2 aromatic heterocycles. The average molecular weight is 246 g/mol. The van der Waals surface area contributed by atoms with Crippen molar-refractivity contribution >= 4 is 21.4 Å². The van der Waals surface area contributed by atoms with Crippen LogP contribution in [0.15, 0.2) is 34.2 Å². The second-order valence-electron chi connectivity index (χ2n) is 3.63. The summed E-state index contributed by atoms with van der Waals surface area (Å²) in [6.45, 7) is 0.0199. The van der Waals surface area contributed by atoms with Crippen molar-refractivity contribution < 1.29 is 9.63 Å². The molecule has 0 saturated carbocycles. The van der Waals surface area contributed by atoms with Crippen molar-refractivity contribution in [1.82, 2.24) is 10.1 Å². The molecule has 0 fully saturated rings. The highest BCUT2D eigenvalue weighted by Crippen LogP contribution is 2.32. The van der Waals surface area contributed by atoms with E-state index in [1.807, 2.05) is 23.6 Å². The predicted octanol–water partition coefficient (Wildman–Crippen LogP) is 2.49. The van der Waals surface area contributed by atoms with Crippen LogP contribution in [0.1, 0.15) is 5.89 Å². The Morgan fingerprint density at radius 1 is 1.29 bits per heavy atom. The highest BCUT2D eigenvalue weighted by atomic mass is 32.1. The molecule has 1 aromatic carbocycles. The van der Waals surface area contributed by atoms with E-state index in [2.05, 4.69) is 16.2 Å². The zero-order chi connectivity index (χ0) is 11.7. The summed E-state index contributed by atoms with van der Waals surface area (Å²) in [6, 6.07) is 8.12. The zero-order valence-corrected chi connectivity index (χ0v) is 9.78. The van der Waals surface area contributed by atoms with Crippen molar-refractivity contribution in [1.29, 1.82) is 0 Å². The van der Waals surface area contributed by atoms with Gasteiger partial charge in [-0.15, -0.1) is 11.3 Å². The molecule has 0 amide bonds. The van der Waals surface area contributed by atoms with Crippen LogP contribution in [0.4, 0.5) is 0 Å². The second kappa shape index (κ2) is 4.27. The van der Waals surface area contributed by atoms with Crippen LogP contribution < -0.4 is 0 Å². The zero-order valence-electron chi connectivity index (χ0n) is 8.96. The summed E-state index contributed by atoms with van der Waals surface area (Å²) in [6.07, 6.45) is 0.398. The Labute approximate surface area is 102 Å². The maximum atomic E-state index is 8.81. The summed E-state index contributed by atoms with van der Waals surface area (Å²) < 4.78 is 6.27. The number of nitrogens with zero attached hydrogens (tertiary/aromatic N) is 2. The minimum Gasteiger partial charge on any atom is -0.396 e. The molecule has 86 valence electrons. The summed E-state index contributed by atoms with van der Waals surface area (Å²) in [4.78, 5) is 4.26. The number of hydrogen-bond acceptors (Lipinski definition) is 5. The molecule has 0 aliphatic rings. The monoisotopic (exact) mass is 246 g/mol. The molecular weight excluding hydrogens is 236 g/mol. The molecule has 5 heteroatoms. The van der Waals surface area contributed by atoms with Crippen molar-refractivity contribution in [3.63, 3.8) is 0 Å². The van der Waals surface area contributed by atoms with Crippen LogP contribution in [0.25, 0.3) is 21.5 Å². The molecule has 3 aromatic rings. The Morgan fingerprint density at radius 2 is 2.18 bits per heavy atom. The highest BCUT2D eigenvalue weighted by molar-refractivity contribution is 7.17. The van der Waals surface area contributed by atoms with Gasteiger partial charge in [-0.3, -0.25) is 0 Å². The minimum absolute atomic E-state index is 0.0199. The number of hydrogen-bond donors (Lipinski definition) is 1. The standard InChI is InChI=1S/C12H10N2O2S/c15-6-5-11-13-12(14-16-11)9-7-17-10-4-2-1-3-8(9)10/h1-4,7,15H,5-6H2. The molecule has 0 saturated heterocycles. The molecule has 0 spiro atoms. The minimum atomic E-state index is 0.0199. The van der Waals surface area contributed by atoms with Crippen molar-refractivity contribution in [3.05, 3.63) is 35.5 Å². The first-order valence-corrected chi connectivity index (χ1v) is 6.16. The molecule has 0 aliphatic carbocycles. The van der Waals surface area contributed by atoms with E-state index in [9.17, 15) is 0 Å². The van der Waals surface area contributed by atoms with Gasteiger partial charge >= 0.3 is 0 Å². The van der Waals surface area contributed by atoms with Gasteiger partial charge in [-0.25, -0.2) is 0 Å². The van der Waals surface area contributed by atoms with Crippen molar-refractivity contribution in [2.45, 2.75) is 6.42 Å². The molecule has 17 heavy (non-hydrogen) atoms. The van der Waals surface area contributed by atoms with Crippen LogP contribution in [-0.4, -0.2) is 21.9 Å². The number of thiophene rings is 1. The maximum absolute atomic E-state index is 8.81. The number of benzene rings is 1. The Hall–Kier alpha value is -1.72. The number of aliphatic hydroxyl groups excluding tert-OH is 1. The van der Waals surface area contributed by atoms with Crippen LogP contribution in [-0.2, 0) is 6.42 Å². The van der Waals surface area contributed by atoms with Gasteiger partial charge in [0, 0.05) is 21.0 Å². The van der Waals surface area contributed by atoms with Gasteiger partial charge in [0.1, 0.15) is 0 Å². The lowest BCUT2D eigenvalue weighted by Crippen LogP contribution is -1.89. The molecule has 0 bridgehead atoms. The lowest BCUT2D eigenvalue weighted by molar-refractivity contribution is 0.274. The fourth-order valence-corrected chi connectivity index (χ4v) is 2.65. The Bertz CT molecular complexity index is 645. The summed E-state index contributed by atoms with van der Waals surface area (Å²) >= 11 is 1.66. The van der Waals surface area contributed by atoms with Gasteiger partial charge in [0.05, 0.1) is 13.0 Å². The van der Waals surface area contributed by atoms with Crippen molar-refractivity contribution in [2.24, 2.45) is 0 Å². The van der Waals surface area contributed by atoms with E-state index in [-0.39, 0.29) is 6.61 Å². The predicted molar refractivity (Wildman–Crippen MR) is 65.9 cm³/mol. The first-order valence-electron chi connectivity index (χ1n) is 5.28. The van der Waals surface area contributed by atoms with Crippen LogP contribution in [0.5, 0.6) is 0 Å². The second-order valence-corrected chi connectivity index (χ2v) is 4.54. The summed E-state index contributed by atoms with van der Waals surface area (Å²) in [5.41, 5.74) is 0.985. The van der Waals surface area contributed by atoms with Crippen molar-refractivity contribution in [3.8, 4) is 11.4 Å². The largest absolute Gasteiger partial charge is 0.396 e. The molecule has 2 heterocycles. The highest BCUT2D eigenvalue weighted by Gasteiger charge is 2.12. The summed E-state index contributed by atoms with van der Waals surface area (Å²) in [7, 11) is 0. The van der Waals surface area contributed by atoms with Crippen LogP contribution in [0.2, 0.25) is 0 Å². The smallest absolute Gasteiger partial charge is 0.229 e. The van der Waals surface area contributed by atoms with Gasteiger partial charge in [0.2, 0.25) is 11.7 Å². The molecular formula is C12H10N2O2S. The van der Waals surface area contributed by atoms with E-state index in [0.717, 1.165) is 10.9 Å². The van der Waals surface area contributed by atoms with Gasteiger partial charge in [0.25, 0.3) is 0 Å². The quantitative estimate of drug-likeness (QED) is 0.771. The summed E-state index contributed by atoms with van der Waals surface area (Å²) in [5, 5.41) is 15.9. The van der Waals surface area contributed by atoms with E-state index in [1.165, 1.54) is 4.70 Å². The number of aromatic nitrogens is 2. The van der Waals surface area contributed by atoms with Gasteiger partial charge in [0.15, 0.2) is 0 Å². The maximum Gasteiger partial charge on any atom is 0.229 e. The van der Waals surface area contributed by atoms with Gasteiger partial charge in [-0.1, -0.05) is 23.4 Å². The fraction of sp³-hybridized carbons (Fsp3) is 0.167. The third kappa shape index (κ3) is 1.83. The molecule has 0 aliphatic heterocycles. The lowest BCUT2D eigenvalue weighted by atomic mass is 10.2. The molecule has 1 N–H and O–H groups in total. The lowest BCUT2D eigenvalue weighted by Gasteiger charge is -1.91. The molecule has 0 atom stereocenters. The normalized spacial score (nSPS) is 11.1. The van der Waals surface area contributed by atoms with Crippen LogP contribution in [0, 0.1) is 0 Å². The van der Waals surface area contributed by atoms with E-state index in [0.29, 0.717) is 18.1 Å². The average Bonchev–Trinajstić information content (AvgIpc) is 2.95. The topological polar surface area (TPSA) is 59.2 Å². The van der Waals surface area contributed by atoms with Gasteiger partial charge in [-0.05, 0) is 6.07 Å². The van der Waals surface area contributed by atoms with Crippen LogP contribution in [0.3, 0.4) is 0 Å². The molecule has 4 nitrogen and oxygen atoms in total. The van der Waals surface area contributed by atoms with E-state index in [1.54, 1.807) is 11.3 Å². The van der Waals surface area contributed by atoms with Crippen LogP contribution >= 0.6 is 11.3 Å². The Balaban J connectivity index is 2.07. The van der Waals surface area contributed by atoms with Gasteiger partial charge < -0.3 is 9.63 Å². The number of aliphatic hydroxyl groups is 1. The Morgan fingerprint density at radius 3 is 3.06 bits per heavy atom. The third-order valence-electron chi connectivity index (χ3n) is 2.52. The molecule has 0 unspecified atom stereocenters. The fourth-order valence-electron chi connectivity index (χ4n) is 1.71. The molecule has 0 radical (unpaired) electrons. The van der Waals surface area contributed by atoms with E-state index in [4.69, 9.17) is 9.63 Å². The molecule has 3 rings (SSSR count).